The molecule has 0 saturated heterocycles. The molecule has 16 heavy (non-hydrogen) atoms. The molecule has 1 aliphatic rings. The molecule has 0 fully saturated rings. The number of fused-ring (bicyclic) bond motifs is 1. The van der Waals surface area contributed by atoms with Crippen LogP contribution in [0, 0.1) is 0 Å². The van der Waals surface area contributed by atoms with E-state index in [9.17, 15) is 0 Å². The van der Waals surface area contributed by atoms with Gasteiger partial charge < -0.3 is 10.5 Å². The summed E-state index contributed by atoms with van der Waals surface area (Å²) < 4.78 is 5.44. The molecule has 88 valence electrons. The summed E-state index contributed by atoms with van der Waals surface area (Å²) >= 11 is 0. The molecule has 1 atom stereocenters. The maximum atomic E-state index is 5.90. The Morgan fingerprint density at radius 2 is 1.94 bits per heavy atom. The van der Waals surface area contributed by atoms with Gasteiger partial charge in [-0.15, -0.1) is 0 Å². The van der Waals surface area contributed by atoms with Crippen LogP contribution in [0.5, 0.6) is 5.75 Å². The first-order chi connectivity index (χ1) is 7.72. The third-order valence-corrected chi connectivity index (χ3v) is 3.35. The van der Waals surface area contributed by atoms with E-state index in [0.29, 0.717) is 0 Å². The van der Waals surface area contributed by atoms with Gasteiger partial charge in [-0.25, -0.2) is 0 Å². The predicted molar refractivity (Wildman–Crippen MR) is 67.0 cm³/mol. The Morgan fingerprint density at radius 1 is 1.25 bits per heavy atom. The number of rotatable bonds is 3. The van der Waals surface area contributed by atoms with Gasteiger partial charge in [0.25, 0.3) is 0 Å². The van der Waals surface area contributed by atoms with E-state index >= 15 is 0 Å². The second-order valence-corrected chi connectivity index (χ2v) is 4.77. The Balaban J connectivity index is 2.40. The zero-order valence-electron chi connectivity index (χ0n) is 10.3. The van der Waals surface area contributed by atoms with Crippen molar-refractivity contribution < 1.29 is 4.74 Å². The Kier molecular flexibility index (Phi) is 3.49. The molecule has 0 aromatic heterocycles. The van der Waals surface area contributed by atoms with Crippen LogP contribution in [0.15, 0.2) is 12.1 Å². The first kappa shape index (κ1) is 11.5. The fraction of sp³-hybridized carbons (Fsp3) is 0.571. The van der Waals surface area contributed by atoms with Gasteiger partial charge in [0.1, 0.15) is 5.75 Å². The van der Waals surface area contributed by atoms with Crippen molar-refractivity contribution in [1.82, 2.24) is 0 Å². The molecule has 2 nitrogen and oxygen atoms in total. The quantitative estimate of drug-likeness (QED) is 0.847. The van der Waals surface area contributed by atoms with Crippen LogP contribution in [0.1, 0.15) is 36.5 Å². The van der Waals surface area contributed by atoms with E-state index < -0.39 is 0 Å². The molecule has 1 unspecified atom stereocenters. The number of hydrogen-bond donors (Lipinski definition) is 1. The lowest BCUT2D eigenvalue weighted by atomic mass is 9.86. The van der Waals surface area contributed by atoms with Gasteiger partial charge in [0.15, 0.2) is 0 Å². The van der Waals surface area contributed by atoms with Crippen LogP contribution in [0.3, 0.4) is 0 Å². The van der Waals surface area contributed by atoms with Gasteiger partial charge in [0.05, 0.1) is 7.11 Å². The van der Waals surface area contributed by atoms with E-state index in [1.807, 2.05) is 0 Å². The van der Waals surface area contributed by atoms with Crippen molar-refractivity contribution >= 4 is 0 Å². The molecule has 2 rings (SSSR count). The Morgan fingerprint density at radius 3 is 2.56 bits per heavy atom. The summed E-state index contributed by atoms with van der Waals surface area (Å²) in [6.07, 6.45) is 5.91. The van der Waals surface area contributed by atoms with Gasteiger partial charge >= 0.3 is 0 Å². The molecule has 0 radical (unpaired) electrons. The monoisotopic (exact) mass is 219 g/mol. The summed E-state index contributed by atoms with van der Waals surface area (Å²) in [5.41, 5.74) is 10.2. The van der Waals surface area contributed by atoms with Crippen molar-refractivity contribution in [2.75, 3.05) is 7.11 Å². The van der Waals surface area contributed by atoms with Crippen LogP contribution in [0.25, 0.3) is 0 Å². The fourth-order valence-electron chi connectivity index (χ4n) is 2.64. The summed E-state index contributed by atoms with van der Waals surface area (Å²) in [5.74, 6) is 1.06. The zero-order valence-corrected chi connectivity index (χ0v) is 10.3. The molecular weight excluding hydrogens is 198 g/mol. The first-order valence-electron chi connectivity index (χ1n) is 6.15. The summed E-state index contributed by atoms with van der Waals surface area (Å²) in [5, 5.41) is 0. The Hall–Kier alpha value is -1.02. The van der Waals surface area contributed by atoms with Crippen molar-refractivity contribution in [2.24, 2.45) is 5.73 Å². The average Bonchev–Trinajstić information content (AvgIpc) is 2.29. The van der Waals surface area contributed by atoms with Gasteiger partial charge in [0, 0.05) is 6.04 Å². The van der Waals surface area contributed by atoms with Crippen molar-refractivity contribution in [3.05, 3.63) is 28.8 Å². The molecule has 2 N–H and O–H groups in total. The van der Waals surface area contributed by atoms with Crippen LogP contribution in [0.4, 0.5) is 0 Å². The normalized spacial score (nSPS) is 16.7. The third-order valence-electron chi connectivity index (χ3n) is 3.35. The highest BCUT2D eigenvalue weighted by atomic mass is 16.5. The molecule has 1 aromatic carbocycles. The fourth-order valence-corrected chi connectivity index (χ4v) is 2.64. The summed E-state index contributed by atoms with van der Waals surface area (Å²) in [6.45, 7) is 2.07. The second kappa shape index (κ2) is 4.88. The number of methoxy groups -OCH3 is 1. The van der Waals surface area contributed by atoms with Crippen LogP contribution in [0.2, 0.25) is 0 Å². The molecule has 0 bridgehead atoms. The molecule has 0 amide bonds. The van der Waals surface area contributed by atoms with E-state index in [0.717, 1.165) is 18.6 Å². The van der Waals surface area contributed by atoms with E-state index in [1.165, 1.54) is 36.0 Å². The maximum Gasteiger partial charge on any atom is 0.122 e. The minimum absolute atomic E-state index is 0.236. The number of ether oxygens (including phenoxy) is 1. The lowest BCUT2D eigenvalue weighted by molar-refractivity contribution is 0.405. The molecule has 0 saturated carbocycles. The van der Waals surface area contributed by atoms with Crippen molar-refractivity contribution in [3.8, 4) is 5.75 Å². The van der Waals surface area contributed by atoms with Crippen molar-refractivity contribution in [2.45, 2.75) is 45.1 Å². The lowest BCUT2D eigenvalue weighted by Gasteiger charge is -2.22. The molecule has 1 aliphatic carbocycles. The van der Waals surface area contributed by atoms with Gasteiger partial charge in [-0.3, -0.25) is 0 Å². The van der Waals surface area contributed by atoms with Crippen LogP contribution in [-0.4, -0.2) is 13.2 Å². The van der Waals surface area contributed by atoms with E-state index in [4.69, 9.17) is 10.5 Å². The zero-order chi connectivity index (χ0) is 11.5. The average molecular weight is 219 g/mol. The number of nitrogens with two attached hydrogens (primary N) is 1. The van der Waals surface area contributed by atoms with Gasteiger partial charge in [-0.1, -0.05) is 6.07 Å². The molecular formula is C14H21NO. The van der Waals surface area contributed by atoms with Gasteiger partial charge in [-0.05, 0) is 61.8 Å². The first-order valence-corrected chi connectivity index (χ1v) is 6.15. The number of benzene rings is 1. The SMILES string of the molecule is COc1ccc(CC(C)N)c2c1CCCC2. The van der Waals surface area contributed by atoms with E-state index in [-0.39, 0.29) is 6.04 Å². The highest BCUT2D eigenvalue weighted by molar-refractivity contribution is 5.46. The van der Waals surface area contributed by atoms with Crippen molar-refractivity contribution in [3.63, 3.8) is 0 Å². The molecule has 2 heteroatoms. The highest BCUT2D eigenvalue weighted by Gasteiger charge is 2.17. The topological polar surface area (TPSA) is 35.2 Å². The standard InChI is InChI=1S/C14H21NO/c1-10(15)9-11-7-8-14(16-2)13-6-4-3-5-12(11)13/h7-8,10H,3-6,9,15H2,1-2H3. The Bertz CT molecular complexity index is 371. The van der Waals surface area contributed by atoms with Gasteiger partial charge in [0.2, 0.25) is 0 Å². The highest BCUT2D eigenvalue weighted by Crippen LogP contribution is 2.32. The van der Waals surface area contributed by atoms with E-state index in [2.05, 4.69) is 19.1 Å². The largest absolute Gasteiger partial charge is 0.496 e. The van der Waals surface area contributed by atoms with Crippen LogP contribution in [-0.2, 0) is 19.3 Å². The smallest absolute Gasteiger partial charge is 0.122 e. The Labute approximate surface area is 97.8 Å². The summed E-state index contributed by atoms with van der Waals surface area (Å²) in [7, 11) is 1.76. The molecule has 0 spiro atoms. The minimum atomic E-state index is 0.236. The summed E-state index contributed by atoms with van der Waals surface area (Å²) in [4.78, 5) is 0. The van der Waals surface area contributed by atoms with Crippen LogP contribution < -0.4 is 10.5 Å². The minimum Gasteiger partial charge on any atom is -0.496 e. The maximum absolute atomic E-state index is 5.90. The molecule has 0 aliphatic heterocycles. The second-order valence-electron chi connectivity index (χ2n) is 4.77. The lowest BCUT2D eigenvalue weighted by Crippen LogP contribution is -2.20. The van der Waals surface area contributed by atoms with Crippen LogP contribution >= 0.6 is 0 Å². The molecule has 0 heterocycles. The van der Waals surface area contributed by atoms with Crippen molar-refractivity contribution in [1.29, 1.82) is 0 Å². The molecule has 1 aromatic rings. The predicted octanol–water partition coefficient (Wildman–Crippen LogP) is 2.46. The van der Waals surface area contributed by atoms with Gasteiger partial charge in [-0.2, -0.15) is 0 Å². The summed E-state index contributed by atoms with van der Waals surface area (Å²) in [6, 6.07) is 4.52. The number of hydrogen-bond acceptors (Lipinski definition) is 2. The third kappa shape index (κ3) is 2.22. The van der Waals surface area contributed by atoms with E-state index in [1.54, 1.807) is 7.11 Å².